The first-order chi connectivity index (χ1) is 7.47. The van der Waals surface area contributed by atoms with Gasteiger partial charge in [0.25, 0.3) is 0 Å². The number of nitriles is 1. The molecule has 0 aliphatic carbocycles. The quantitative estimate of drug-likeness (QED) is 0.855. The molecule has 0 heterocycles. The maximum absolute atomic E-state index is 9.13. The van der Waals surface area contributed by atoms with E-state index in [4.69, 9.17) is 14.7 Å². The summed E-state index contributed by atoms with van der Waals surface area (Å²) >= 11 is 3.41. The molecule has 86 valence electrons. The predicted molar refractivity (Wildman–Crippen MR) is 65.9 cm³/mol. The van der Waals surface area contributed by atoms with Gasteiger partial charge in [0.05, 0.1) is 25.7 Å². The van der Waals surface area contributed by atoms with Gasteiger partial charge in [-0.05, 0) is 41.9 Å². The molecular weight excluding hydrogens is 270 g/mol. The van der Waals surface area contributed by atoms with Crippen molar-refractivity contribution in [1.29, 1.82) is 5.26 Å². The molecule has 3 nitrogen and oxygen atoms in total. The summed E-state index contributed by atoms with van der Waals surface area (Å²) in [6.07, 6.45) is 0. The Morgan fingerprint density at radius 1 is 1.25 bits per heavy atom. The van der Waals surface area contributed by atoms with Crippen LogP contribution in [0, 0.1) is 11.3 Å². The van der Waals surface area contributed by atoms with Crippen molar-refractivity contribution in [3.05, 3.63) is 22.2 Å². The molecule has 0 bridgehead atoms. The van der Waals surface area contributed by atoms with Crippen molar-refractivity contribution in [3.8, 4) is 17.6 Å². The molecule has 0 radical (unpaired) electrons. The highest BCUT2D eigenvalue weighted by Crippen LogP contribution is 2.41. The van der Waals surface area contributed by atoms with Crippen LogP contribution in [0.3, 0.4) is 0 Å². The highest BCUT2D eigenvalue weighted by molar-refractivity contribution is 9.10. The lowest BCUT2D eigenvalue weighted by atomic mass is 9.85. The van der Waals surface area contributed by atoms with E-state index in [0.717, 1.165) is 10.0 Å². The average molecular weight is 284 g/mol. The monoisotopic (exact) mass is 283 g/mol. The van der Waals surface area contributed by atoms with E-state index in [0.29, 0.717) is 11.5 Å². The molecule has 0 aliphatic heterocycles. The molecular formula is C12H14BrNO2. The van der Waals surface area contributed by atoms with Gasteiger partial charge in [-0.1, -0.05) is 0 Å². The molecule has 0 spiro atoms. The summed E-state index contributed by atoms with van der Waals surface area (Å²) in [4.78, 5) is 0. The van der Waals surface area contributed by atoms with Crippen LogP contribution in [0.4, 0.5) is 0 Å². The normalized spacial score (nSPS) is 10.8. The minimum Gasteiger partial charge on any atom is -0.495 e. The zero-order valence-corrected chi connectivity index (χ0v) is 11.4. The van der Waals surface area contributed by atoms with Crippen molar-refractivity contribution in [2.24, 2.45) is 0 Å². The second-order valence-corrected chi connectivity index (χ2v) is 4.69. The van der Waals surface area contributed by atoms with Gasteiger partial charge in [0.15, 0.2) is 0 Å². The Morgan fingerprint density at radius 2 is 1.88 bits per heavy atom. The van der Waals surface area contributed by atoms with E-state index >= 15 is 0 Å². The van der Waals surface area contributed by atoms with Crippen LogP contribution in [-0.2, 0) is 5.41 Å². The van der Waals surface area contributed by atoms with Gasteiger partial charge < -0.3 is 9.47 Å². The predicted octanol–water partition coefficient (Wildman–Crippen LogP) is 3.27. The van der Waals surface area contributed by atoms with Crippen molar-refractivity contribution in [2.45, 2.75) is 19.3 Å². The van der Waals surface area contributed by atoms with Crippen LogP contribution < -0.4 is 9.47 Å². The number of hydrogen-bond acceptors (Lipinski definition) is 3. The highest BCUT2D eigenvalue weighted by Gasteiger charge is 2.26. The Labute approximate surface area is 104 Å². The van der Waals surface area contributed by atoms with Gasteiger partial charge in [-0.2, -0.15) is 5.26 Å². The third-order valence-electron chi connectivity index (χ3n) is 2.44. The lowest BCUT2D eigenvalue weighted by Gasteiger charge is -2.21. The highest BCUT2D eigenvalue weighted by atomic mass is 79.9. The molecule has 16 heavy (non-hydrogen) atoms. The van der Waals surface area contributed by atoms with Gasteiger partial charge in [0.1, 0.15) is 16.0 Å². The van der Waals surface area contributed by atoms with Crippen LogP contribution in [0.25, 0.3) is 0 Å². The molecule has 4 heteroatoms. The number of hydrogen-bond donors (Lipinski definition) is 0. The van der Waals surface area contributed by atoms with Crippen molar-refractivity contribution in [1.82, 2.24) is 0 Å². The van der Waals surface area contributed by atoms with Crippen LogP contribution in [0.15, 0.2) is 16.6 Å². The van der Waals surface area contributed by atoms with Gasteiger partial charge in [-0.15, -0.1) is 0 Å². The number of methoxy groups -OCH3 is 2. The molecule has 0 aliphatic rings. The smallest absolute Gasteiger partial charge is 0.141 e. The van der Waals surface area contributed by atoms with Crippen molar-refractivity contribution >= 4 is 15.9 Å². The topological polar surface area (TPSA) is 42.2 Å². The van der Waals surface area contributed by atoms with Gasteiger partial charge >= 0.3 is 0 Å². The van der Waals surface area contributed by atoms with Gasteiger partial charge in [0.2, 0.25) is 0 Å². The molecule has 1 aromatic rings. The maximum Gasteiger partial charge on any atom is 0.141 e. The van der Waals surface area contributed by atoms with E-state index in [9.17, 15) is 0 Å². The molecule has 0 unspecified atom stereocenters. The molecule has 0 fully saturated rings. The number of ether oxygens (including phenoxy) is 2. The van der Waals surface area contributed by atoms with Gasteiger partial charge in [-0.3, -0.25) is 0 Å². The lowest BCUT2D eigenvalue weighted by Crippen LogP contribution is -2.15. The standard InChI is InChI=1S/C12H14BrNO2/c1-12(2,7-14)8-5-6-9(15-3)10(13)11(8)16-4/h5-6H,1-4H3. The van der Waals surface area contributed by atoms with E-state index in [2.05, 4.69) is 22.0 Å². The molecule has 1 aromatic carbocycles. The Hall–Kier alpha value is -1.21. The fraction of sp³-hybridized carbons (Fsp3) is 0.417. The first-order valence-electron chi connectivity index (χ1n) is 4.80. The Balaban J connectivity index is 3.44. The van der Waals surface area contributed by atoms with Crippen molar-refractivity contribution < 1.29 is 9.47 Å². The SMILES string of the molecule is COc1ccc(C(C)(C)C#N)c(OC)c1Br. The third kappa shape index (κ3) is 2.14. The van der Waals surface area contributed by atoms with E-state index in [1.54, 1.807) is 14.2 Å². The summed E-state index contributed by atoms with van der Waals surface area (Å²) in [6.45, 7) is 3.70. The van der Waals surface area contributed by atoms with Crippen LogP contribution in [-0.4, -0.2) is 14.2 Å². The summed E-state index contributed by atoms with van der Waals surface area (Å²) in [5.74, 6) is 1.33. The fourth-order valence-electron chi connectivity index (χ4n) is 1.45. The molecule has 0 N–H and O–H groups in total. The van der Waals surface area contributed by atoms with Gasteiger partial charge in [-0.25, -0.2) is 0 Å². The molecule has 0 aromatic heterocycles. The summed E-state index contributed by atoms with van der Waals surface area (Å²) in [5.41, 5.74) is 0.241. The molecule has 1 rings (SSSR count). The lowest BCUT2D eigenvalue weighted by molar-refractivity contribution is 0.381. The second kappa shape index (κ2) is 4.75. The molecule has 0 amide bonds. The van der Waals surface area contributed by atoms with E-state index in [1.165, 1.54) is 0 Å². The average Bonchev–Trinajstić information content (AvgIpc) is 2.28. The van der Waals surface area contributed by atoms with Crippen LogP contribution in [0.5, 0.6) is 11.5 Å². The number of nitrogens with zero attached hydrogens (tertiary/aromatic N) is 1. The van der Waals surface area contributed by atoms with Crippen LogP contribution in [0.1, 0.15) is 19.4 Å². The minimum atomic E-state index is -0.597. The Bertz CT molecular complexity index is 435. The maximum atomic E-state index is 9.13. The summed E-state index contributed by atoms with van der Waals surface area (Å²) < 4.78 is 11.2. The summed E-state index contributed by atoms with van der Waals surface area (Å²) in [6, 6.07) is 5.93. The first kappa shape index (κ1) is 12.9. The summed E-state index contributed by atoms with van der Waals surface area (Å²) in [7, 11) is 3.17. The number of rotatable bonds is 3. The van der Waals surface area contributed by atoms with Crippen molar-refractivity contribution in [2.75, 3.05) is 14.2 Å². The summed E-state index contributed by atoms with van der Waals surface area (Å²) in [5, 5.41) is 9.13. The zero-order valence-electron chi connectivity index (χ0n) is 9.80. The van der Waals surface area contributed by atoms with Crippen LogP contribution >= 0.6 is 15.9 Å². The largest absolute Gasteiger partial charge is 0.495 e. The van der Waals surface area contributed by atoms with E-state index in [1.807, 2.05) is 26.0 Å². The molecule has 0 saturated carbocycles. The first-order valence-corrected chi connectivity index (χ1v) is 5.59. The number of halogens is 1. The van der Waals surface area contributed by atoms with Crippen LogP contribution in [0.2, 0.25) is 0 Å². The Morgan fingerprint density at radius 3 is 2.31 bits per heavy atom. The van der Waals surface area contributed by atoms with E-state index < -0.39 is 5.41 Å². The van der Waals surface area contributed by atoms with Gasteiger partial charge in [0, 0.05) is 5.56 Å². The molecule has 0 saturated heterocycles. The molecule has 0 atom stereocenters. The fourth-order valence-corrected chi connectivity index (χ4v) is 2.12. The Kier molecular flexibility index (Phi) is 3.82. The second-order valence-electron chi connectivity index (χ2n) is 3.90. The minimum absolute atomic E-state index is 0.597. The zero-order chi connectivity index (χ0) is 12.3. The third-order valence-corrected chi connectivity index (χ3v) is 3.19. The van der Waals surface area contributed by atoms with Crippen molar-refractivity contribution in [3.63, 3.8) is 0 Å². The number of benzene rings is 1. The van der Waals surface area contributed by atoms with E-state index in [-0.39, 0.29) is 0 Å².